The molecule has 0 amide bonds. The fourth-order valence-electron chi connectivity index (χ4n) is 4.40. The zero-order chi connectivity index (χ0) is 17.7. The van der Waals surface area contributed by atoms with Crippen molar-refractivity contribution < 1.29 is 0 Å². The summed E-state index contributed by atoms with van der Waals surface area (Å²) >= 11 is 7.19. The van der Waals surface area contributed by atoms with Gasteiger partial charge >= 0.3 is 0 Å². The van der Waals surface area contributed by atoms with Crippen LogP contribution in [0.25, 0.3) is 0 Å². The van der Waals surface area contributed by atoms with Crippen LogP contribution in [0.4, 0.5) is 11.4 Å². The van der Waals surface area contributed by atoms with Gasteiger partial charge in [-0.05, 0) is 61.7 Å². The Balaban J connectivity index is 1.68. The Kier molecular flexibility index (Phi) is 4.13. The number of halogens is 2. The Bertz CT molecular complexity index is 893. The van der Waals surface area contributed by atoms with E-state index in [1.54, 1.807) is 0 Å². The smallest absolute Gasteiger partial charge is 0.0848 e. The normalized spacial score (nSPS) is 26.3. The Hall–Kier alpha value is -1.66. The van der Waals surface area contributed by atoms with Gasteiger partial charge < -0.3 is 0 Å². The van der Waals surface area contributed by atoms with E-state index in [1.807, 2.05) is 6.21 Å². The first-order chi connectivity index (χ1) is 12.7. The summed E-state index contributed by atoms with van der Waals surface area (Å²) in [5.74, 6) is 0.468. The molecule has 0 radical (unpaired) electrons. The van der Waals surface area contributed by atoms with E-state index in [4.69, 9.17) is 10.2 Å². The maximum atomic E-state index is 4.80. The lowest BCUT2D eigenvalue weighted by Gasteiger charge is -2.50. The van der Waals surface area contributed by atoms with Crippen LogP contribution in [0.5, 0.6) is 0 Å². The molecule has 3 unspecified atom stereocenters. The van der Waals surface area contributed by atoms with E-state index in [9.17, 15) is 0 Å². The average Bonchev–Trinajstić information content (AvgIpc) is 2.68. The van der Waals surface area contributed by atoms with Crippen molar-refractivity contribution in [1.82, 2.24) is 0 Å². The molecule has 3 aliphatic rings. The van der Waals surface area contributed by atoms with Crippen molar-refractivity contribution in [3.8, 4) is 0 Å². The van der Waals surface area contributed by atoms with Gasteiger partial charge in [0.25, 0.3) is 0 Å². The fourth-order valence-corrected chi connectivity index (χ4v) is 5.04. The summed E-state index contributed by atoms with van der Waals surface area (Å²) in [6.45, 7) is 0. The second-order valence-electron chi connectivity index (χ2n) is 6.95. The highest BCUT2D eigenvalue weighted by Crippen LogP contribution is 2.50. The molecule has 0 bridgehead atoms. The molecule has 2 aromatic rings. The Labute approximate surface area is 169 Å². The number of hydrogen-bond acceptors (Lipinski definition) is 4. The summed E-state index contributed by atoms with van der Waals surface area (Å²) in [7, 11) is 0. The number of anilines is 2. The highest BCUT2D eigenvalue weighted by Gasteiger charge is 2.45. The molecule has 3 atom stereocenters. The summed E-state index contributed by atoms with van der Waals surface area (Å²) in [5.41, 5.74) is 3.62. The van der Waals surface area contributed by atoms with E-state index >= 15 is 0 Å². The first kappa shape index (κ1) is 16.5. The molecular weight excluding hydrogens is 456 g/mol. The average molecular weight is 474 g/mol. The third kappa shape index (κ3) is 2.62. The van der Waals surface area contributed by atoms with Crippen LogP contribution in [-0.2, 0) is 0 Å². The van der Waals surface area contributed by atoms with Crippen molar-refractivity contribution in [2.45, 2.75) is 31.3 Å². The molecule has 0 spiro atoms. The van der Waals surface area contributed by atoms with Gasteiger partial charge in [0.05, 0.1) is 23.5 Å². The summed E-state index contributed by atoms with van der Waals surface area (Å²) in [6, 6.07) is 15.6. The standard InChI is InChI=1S/C20H18Br2N4/c21-13-3-6-15(7-4-13)25-20-16(9-11-24-25)18-2-1-10-23-26(18)19-8-5-14(22)12-17(19)20/h3-8,10-12,16,18,20H,1-2,9H2. The molecule has 0 saturated carbocycles. The molecule has 2 aromatic carbocycles. The molecule has 3 aliphatic heterocycles. The van der Waals surface area contributed by atoms with Gasteiger partial charge in [-0.3, -0.25) is 10.0 Å². The molecule has 4 nitrogen and oxygen atoms in total. The number of hydrogen-bond donors (Lipinski definition) is 0. The maximum absolute atomic E-state index is 4.80. The highest BCUT2D eigenvalue weighted by molar-refractivity contribution is 9.10. The largest absolute Gasteiger partial charge is 0.262 e. The SMILES string of the molecule is Brc1ccc(N2N=CCC3C4CCC=NN4c4ccc(Br)cc4C32)cc1. The second kappa shape index (κ2) is 6.50. The van der Waals surface area contributed by atoms with Gasteiger partial charge in [0, 0.05) is 32.9 Å². The van der Waals surface area contributed by atoms with E-state index in [1.165, 1.54) is 11.3 Å². The Morgan fingerprint density at radius 3 is 2.50 bits per heavy atom. The minimum atomic E-state index is 0.225. The van der Waals surface area contributed by atoms with Crippen molar-refractivity contribution in [3.05, 3.63) is 57.0 Å². The van der Waals surface area contributed by atoms with Crippen LogP contribution in [-0.4, -0.2) is 18.5 Å². The number of hydrazone groups is 2. The molecule has 132 valence electrons. The number of fused-ring (bicyclic) bond motifs is 6. The molecule has 0 N–H and O–H groups in total. The van der Waals surface area contributed by atoms with Gasteiger partial charge in [-0.25, -0.2) is 0 Å². The van der Waals surface area contributed by atoms with Gasteiger partial charge in [0.1, 0.15) is 0 Å². The third-order valence-corrected chi connectivity index (χ3v) is 6.53. The Morgan fingerprint density at radius 1 is 0.885 bits per heavy atom. The van der Waals surface area contributed by atoms with E-state index in [0.717, 1.165) is 33.9 Å². The van der Waals surface area contributed by atoms with Crippen LogP contribution in [0, 0.1) is 5.92 Å². The predicted octanol–water partition coefficient (Wildman–Crippen LogP) is 5.73. The summed E-state index contributed by atoms with van der Waals surface area (Å²) in [5, 5.41) is 14.0. The van der Waals surface area contributed by atoms with Gasteiger partial charge in [0.2, 0.25) is 0 Å². The van der Waals surface area contributed by atoms with Gasteiger partial charge in [-0.2, -0.15) is 10.2 Å². The van der Waals surface area contributed by atoms with E-state index < -0.39 is 0 Å². The topological polar surface area (TPSA) is 31.2 Å². The maximum Gasteiger partial charge on any atom is 0.0848 e. The molecule has 0 fully saturated rings. The van der Waals surface area contributed by atoms with E-state index in [2.05, 4.69) is 90.6 Å². The van der Waals surface area contributed by atoms with Gasteiger partial charge in [0.15, 0.2) is 0 Å². The molecular formula is C20H18Br2N4. The lowest BCUT2D eigenvalue weighted by Crippen LogP contribution is -2.51. The quantitative estimate of drug-likeness (QED) is 0.529. The number of nitrogens with zero attached hydrogens (tertiary/aromatic N) is 4. The van der Waals surface area contributed by atoms with Gasteiger partial charge in [-0.15, -0.1) is 0 Å². The number of rotatable bonds is 1. The lowest BCUT2D eigenvalue weighted by atomic mass is 9.77. The van der Waals surface area contributed by atoms with Crippen molar-refractivity contribution in [1.29, 1.82) is 0 Å². The molecule has 5 rings (SSSR count). The highest BCUT2D eigenvalue weighted by atomic mass is 79.9. The molecule has 0 aromatic heterocycles. The molecule has 0 saturated heterocycles. The van der Waals surface area contributed by atoms with Crippen molar-refractivity contribution >= 4 is 55.7 Å². The summed E-state index contributed by atoms with van der Waals surface area (Å²) in [6.07, 6.45) is 7.29. The monoisotopic (exact) mass is 472 g/mol. The molecule has 6 heteroatoms. The van der Waals surface area contributed by atoms with Crippen molar-refractivity contribution in [2.75, 3.05) is 10.0 Å². The molecule has 0 aliphatic carbocycles. The molecule has 3 heterocycles. The lowest BCUT2D eigenvalue weighted by molar-refractivity contribution is 0.294. The van der Waals surface area contributed by atoms with E-state index in [-0.39, 0.29) is 6.04 Å². The Morgan fingerprint density at radius 2 is 1.65 bits per heavy atom. The zero-order valence-corrected chi connectivity index (χ0v) is 17.3. The summed E-state index contributed by atoms with van der Waals surface area (Å²) in [4.78, 5) is 0. The van der Waals surface area contributed by atoms with Crippen LogP contribution in [0.2, 0.25) is 0 Å². The van der Waals surface area contributed by atoms with Gasteiger partial charge in [-0.1, -0.05) is 31.9 Å². The predicted molar refractivity (Wildman–Crippen MR) is 114 cm³/mol. The van der Waals surface area contributed by atoms with Crippen molar-refractivity contribution in [2.24, 2.45) is 16.1 Å². The fraction of sp³-hybridized carbons (Fsp3) is 0.300. The van der Waals surface area contributed by atoms with E-state index in [0.29, 0.717) is 12.0 Å². The van der Waals surface area contributed by atoms with Crippen LogP contribution in [0.3, 0.4) is 0 Å². The minimum Gasteiger partial charge on any atom is -0.262 e. The third-order valence-electron chi connectivity index (χ3n) is 5.50. The zero-order valence-electron chi connectivity index (χ0n) is 14.1. The first-order valence-corrected chi connectivity index (χ1v) is 10.5. The van der Waals surface area contributed by atoms with Crippen LogP contribution < -0.4 is 10.0 Å². The minimum absolute atomic E-state index is 0.225. The number of benzene rings is 2. The first-order valence-electron chi connectivity index (χ1n) is 8.91. The second-order valence-corrected chi connectivity index (χ2v) is 8.79. The van der Waals surface area contributed by atoms with Crippen LogP contribution in [0.1, 0.15) is 30.9 Å². The molecule has 26 heavy (non-hydrogen) atoms. The van der Waals surface area contributed by atoms with Crippen LogP contribution in [0.15, 0.2) is 61.6 Å². The van der Waals surface area contributed by atoms with Crippen LogP contribution >= 0.6 is 31.9 Å². The summed E-state index contributed by atoms with van der Waals surface area (Å²) < 4.78 is 2.18. The van der Waals surface area contributed by atoms with Crippen molar-refractivity contribution in [3.63, 3.8) is 0 Å².